The number of piperazine rings is 1. The van der Waals surface area contributed by atoms with E-state index < -0.39 is 0 Å². The van der Waals surface area contributed by atoms with Gasteiger partial charge in [-0.25, -0.2) is 4.39 Å². The second kappa shape index (κ2) is 6.95. The molecule has 3 atom stereocenters. The lowest BCUT2D eigenvalue weighted by Gasteiger charge is -2.58. The number of amides is 2. The Morgan fingerprint density at radius 3 is 2.48 bits per heavy atom. The van der Waals surface area contributed by atoms with Gasteiger partial charge in [-0.2, -0.15) is 0 Å². The first-order chi connectivity index (χ1) is 14.1. The molecule has 5 rings (SSSR count). The molecule has 2 aromatic rings. The van der Waals surface area contributed by atoms with Crippen molar-refractivity contribution in [2.24, 2.45) is 5.92 Å². The summed E-state index contributed by atoms with van der Waals surface area (Å²) in [6.07, 6.45) is 1.83. The van der Waals surface area contributed by atoms with E-state index in [9.17, 15) is 19.1 Å². The molecule has 0 radical (unpaired) electrons. The number of hydrogen-bond donors (Lipinski definition) is 1. The van der Waals surface area contributed by atoms with Crippen molar-refractivity contribution >= 4 is 11.8 Å². The topological polar surface area (TPSA) is 60.9 Å². The molecule has 1 aliphatic carbocycles. The van der Waals surface area contributed by atoms with Gasteiger partial charge in [-0.1, -0.05) is 42.5 Å². The van der Waals surface area contributed by atoms with Gasteiger partial charge in [0.15, 0.2) is 0 Å². The summed E-state index contributed by atoms with van der Waals surface area (Å²) in [5.74, 6) is -0.224. The van der Waals surface area contributed by atoms with Crippen molar-refractivity contribution < 1.29 is 19.1 Å². The molecule has 6 heteroatoms. The molecule has 1 saturated carbocycles. The number of nitrogens with zero attached hydrogens (tertiary/aromatic N) is 2. The minimum Gasteiger partial charge on any atom is -0.394 e. The normalized spacial score (nSPS) is 26.1. The van der Waals surface area contributed by atoms with Crippen molar-refractivity contribution in [2.45, 2.75) is 30.8 Å². The van der Waals surface area contributed by atoms with Crippen molar-refractivity contribution in [3.8, 4) is 11.1 Å². The summed E-state index contributed by atoms with van der Waals surface area (Å²) in [4.78, 5) is 28.5. The highest BCUT2D eigenvalue weighted by Crippen LogP contribution is 2.44. The molecule has 0 unspecified atom stereocenters. The smallest absolute Gasteiger partial charge is 0.242 e. The fourth-order valence-corrected chi connectivity index (χ4v) is 4.84. The van der Waals surface area contributed by atoms with Gasteiger partial charge in [0.05, 0.1) is 25.2 Å². The van der Waals surface area contributed by atoms with E-state index in [1.165, 1.54) is 6.07 Å². The van der Waals surface area contributed by atoms with Crippen LogP contribution in [0.2, 0.25) is 0 Å². The molecule has 2 saturated heterocycles. The van der Waals surface area contributed by atoms with Crippen LogP contribution in [0.4, 0.5) is 4.39 Å². The number of halogens is 1. The van der Waals surface area contributed by atoms with E-state index in [1.54, 1.807) is 28.0 Å². The highest BCUT2D eigenvalue weighted by atomic mass is 19.1. The second-order valence-electron chi connectivity index (χ2n) is 8.24. The van der Waals surface area contributed by atoms with Crippen molar-refractivity contribution in [1.82, 2.24) is 9.80 Å². The Morgan fingerprint density at radius 2 is 1.83 bits per heavy atom. The molecule has 5 nitrogen and oxygen atoms in total. The predicted molar refractivity (Wildman–Crippen MR) is 105 cm³/mol. The van der Waals surface area contributed by atoms with Gasteiger partial charge in [0, 0.05) is 23.9 Å². The van der Waals surface area contributed by atoms with Crippen LogP contribution < -0.4 is 0 Å². The molecule has 3 fully saturated rings. The minimum atomic E-state index is -0.273. The predicted octanol–water partition coefficient (Wildman–Crippen LogP) is 2.40. The van der Waals surface area contributed by atoms with E-state index in [1.807, 2.05) is 24.3 Å². The minimum absolute atomic E-state index is 0.0339. The third-order valence-corrected chi connectivity index (χ3v) is 6.47. The zero-order chi connectivity index (χ0) is 20.1. The molecule has 150 valence electrons. The number of carbonyl (C=O) groups is 2. The number of rotatable bonds is 4. The largest absolute Gasteiger partial charge is 0.394 e. The van der Waals surface area contributed by atoms with Crippen LogP contribution in [0.25, 0.3) is 11.1 Å². The lowest BCUT2D eigenvalue weighted by molar-refractivity contribution is -0.167. The number of fused-ring (bicyclic) bond motifs is 1. The Labute approximate surface area is 168 Å². The molecule has 1 N–H and O–H groups in total. The summed E-state index contributed by atoms with van der Waals surface area (Å²) in [6, 6.07) is 13.9. The number of hydrogen-bond acceptors (Lipinski definition) is 3. The first kappa shape index (κ1) is 18.3. The Balaban J connectivity index is 1.40. The fraction of sp³-hybridized carbons (Fsp3) is 0.391. The third kappa shape index (κ3) is 3.02. The fourth-order valence-electron chi connectivity index (χ4n) is 4.84. The lowest BCUT2D eigenvalue weighted by Crippen LogP contribution is -2.73. The summed E-state index contributed by atoms with van der Waals surface area (Å²) in [6.45, 7) is 0.511. The molecule has 2 amide bonds. The zero-order valence-corrected chi connectivity index (χ0v) is 16.0. The molecule has 29 heavy (non-hydrogen) atoms. The summed E-state index contributed by atoms with van der Waals surface area (Å²) >= 11 is 0. The second-order valence-corrected chi connectivity index (χ2v) is 8.24. The Morgan fingerprint density at radius 1 is 1.10 bits per heavy atom. The van der Waals surface area contributed by atoms with E-state index in [0.29, 0.717) is 12.1 Å². The van der Waals surface area contributed by atoms with Crippen LogP contribution in [0.15, 0.2) is 48.5 Å². The van der Waals surface area contributed by atoms with Gasteiger partial charge in [0.2, 0.25) is 11.8 Å². The monoisotopic (exact) mass is 394 g/mol. The number of benzene rings is 2. The van der Waals surface area contributed by atoms with E-state index in [2.05, 4.69) is 0 Å². The van der Waals surface area contributed by atoms with Gasteiger partial charge >= 0.3 is 0 Å². The van der Waals surface area contributed by atoms with E-state index >= 15 is 0 Å². The average Bonchev–Trinajstić information content (AvgIpc) is 3.55. The Bertz CT molecular complexity index is 957. The maximum Gasteiger partial charge on any atom is 0.242 e. The van der Waals surface area contributed by atoms with Gasteiger partial charge in [0.25, 0.3) is 0 Å². The molecule has 2 heterocycles. The average molecular weight is 394 g/mol. The first-order valence-electron chi connectivity index (χ1n) is 10.1. The van der Waals surface area contributed by atoms with E-state index in [-0.39, 0.29) is 54.7 Å². The van der Waals surface area contributed by atoms with Crippen LogP contribution in [0.1, 0.15) is 24.3 Å². The van der Waals surface area contributed by atoms with Crippen molar-refractivity contribution in [3.05, 3.63) is 59.9 Å². The van der Waals surface area contributed by atoms with Gasteiger partial charge in [0.1, 0.15) is 5.82 Å². The van der Waals surface area contributed by atoms with Crippen molar-refractivity contribution in [1.29, 1.82) is 0 Å². The number of aliphatic hydroxyl groups excluding tert-OH is 1. The van der Waals surface area contributed by atoms with E-state index in [4.69, 9.17) is 0 Å². The zero-order valence-electron chi connectivity index (χ0n) is 16.0. The molecule has 3 aliphatic rings. The lowest BCUT2D eigenvalue weighted by atomic mass is 9.73. The molecule has 2 aromatic carbocycles. The van der Waals surface area contributed by atoms with Gasteiger partial charge in [-0.3, -0.25) is 9.59 Å². The van der Waals surface area contributed by atoms with Crippen LogP contribution in [0, 0.1) is 11.7 Å². The van der Waals surface area contributed by atoms with Gasteiger partial charge < -0.3 is 14.9 Å². The maximum atomic E-state index is 14.1. The molecule has 0 spiro atoms. The summed E-state index contributed by atoms with van der Waals surface area (Å²) in [7, 11) is 0. The van der Waals surface area contributed by atoms with E-state index in [0.717, 1.165) is 24.0 Å². The van der Waals surface area contributed by atoms with Crippen molar-refractivity contribution in [3.63, 3.8) is 0 Å². The maximum absolute atomic E-state index is 14.1. The molecule has 0 aromatic heterocycles. The van der Waals surface area contributed by atoms with Crippen LogP contribution in [-0.4, -0.2) is 58.5 Å². The summed E-state index contributed by atoms with van der Waals surface area (Å²) in [5, 5.41) is 9.89. The highest BCUT2D eigenvalue weighted by Gasteiger charge is 2.55. The molecular formula is C23H23FN2O3. The third-order valence-electron chi connectivity index (χ3n) is 6.47. The van der Waals surface area contributed by atoms with Crippen LogP contribution >= 0.6 is 0 Å². The summed E-state index contributed by atoms with van der Waals surface area (Å²) in [5.41, 5.74) is 2.33. The first-order valence-corrected chi connectivity index (χ1v) is 10.1. The summed E-state index contributed by atoms with van der Waals surface area (Å²) < 4.78 is 14.1. The number of carbonyl (C=O) groups excluding carboxylic acids is 2. The van der Waals surface area contributed by atoms with Crippen LogP contribution in [-0.2, 0) is 9.59 Å². The molecule has 2 aliphatic heterocycles. The Kier molecular flexibility index (Phi) is 4.39. The number of aliphatic hydroxyl groups is 1. The van der Waals surface area contributed by atoms with Crippen molar-refractivity contribution in [2.75, 3.05) is 19.7 Å². The highest BCUT2D eigenvalue weighted by molar-refractivity contribution is 5.89. The molecular weight excluding hydrogens is 371 g/mol. The standard InChI is InChI=1S/C23H23FN2O3/c24-18-4-2-1-3-17(18)14-5-7-15(8-6-14)22-19-11-25(23(29)16-9-10-16)12-21(28)26(19)20(22)13-27/h1-8,16,19-20,22,27H,9-13H2/t19-,20+,22+/m1/s1. The SMILES string of the molecule is O=C(C1CC1)N1CC(=O)N2[C@H](C1)[C@H](c1ccc(-c3ccccc3F)cc1)[C@@H]2CO. The Hall–Kier alpha value is -2.73. The molecule has 0 bridgehead atoms. The van der Waals surface area contributed by atoms with Crippen LogP contribution in [0.5, 0.6) is 0 Å². The van der Waals surface area contributed by atoms with Gasteiger partial charge in [-0.15, -0.1) is 0 Å². The van der Waals surface area contributed by atoms with Gasteiger partial charge in [-0.05, 0) is 30.0 Å². The quantitative estimate of drug-likeness (QED) is 0.866. The van der Waals surface area contributed by atoms with Crippen LogP contribution in [0.3, 0.4) is 0 Å².